The summed E-state index contributed by atoms with van der Waals surface area (Å²) in [7, 11) is 0.584. The Bertz CT molecular complexity index is 546. The van der Waals surface area contributed by atoms with Crippen LogP contribution < -0.4 is 4.57 Å². The van der Waals surface area contributed by atoms with Crippen molar-refractivity contribution >= 4 is 20.8 Å². The molecule has 106 valence electrons. The molecule has 0 aliphatic heterocycles. The highest BCUT2D eigenvalue weighted by Gasteiger charge is 2.08. The quantitative estimate of drug-likeness (QED) is 0.384. The molecule has 0 aliphatic carbocycles. The van der Waals surface area contributed by atoms with Gasteiger partial charge in [-0.25, -0.2) is 4.57 Å². The molecule has 0 saturated carbocycles. The summed E-state index contributed by atoms with van der Waals surface area (Å²) in [6, 6.07) is 11.6. The van der Waals surface area contributed by atoms with Gasteiger partial charge in [0, 0.05) is 11.8 Å². The minimum Gasteiger partial charge on any atom is -0.435 e. The van der Waals surface area contributed by atoms with Crippen molar-refractivity contribution in [2.45, 2.75) is 29.9 Å². The summed E-state index contributed by atoms with van der Waals surface area (Å²) < 4.78 is 2.03. The van der Waals surface area contributed by atoms with E-state index in [0.29, 0.717) is 0 Å². The fraction of sp³-hybridized carbons (Fsp3) is 0.333. The largest absolute Gasteiger partial charge is 0.435 e. The first kappa shape index (κ1) is 15.2. The van der Waals surface area contributed by atoms with Crippen LogP contribution in [0.3, 0.4) is 0 Å². The van der Waals surface area contributed by atoms with Gasteiger partial charge >= 0.3 is 5.16 Å². The fourth-order valence-electron chi connectivity index (χ4n) is 1.89. The van der Waals surface area contributed by atoms with Gasteiger partial charge in [0.15, 0.2) is 9.04 Å². The lowest BCUT2D eigenvalue weighted by Gasteiger charge is -2.04. The van der Waals surface area contributed by atoms with Crippen LogP contribution >= 0.6 is 11.8 Å². The molecule has 0 spiro atoms. The summed E-state index contributed by atoms with van der Waals surface area (Å²) in [6.45, 7) is 1.97. The molecular weight excluding hydrogens is 284 g/mol. The van der Waals surface area contributed by atoms with E-state index in [0.717, 1.165) is 23.4 Å². The van der Waals surface area contributed by atoms with Gasteiger partial charge < -0.3 is 4.80 Å². The van der Waals surface area contributed by atoms with Crippen molar-refractivity contribution in [1.82, 2.24) is 4.98 Å². The summed E-state index contributed by atoms with van der Waals surface area (Å²) in [5, 5.41) is 1.02. The minimum absolute atomic E-state index is 0.927. The summed E-state index contributed by atoms with van der Waals surface area (Å²) >= 11 is 1.74. The van der Waals surface area contributed by atoms with Crippen LogP contribution in [0.15, 0.2) is 47.9 Å². The molecule has 20 heavy (non-hydrogen) atoms. The molecule has 0 saturated heterocycles. The van der Waals surface area contributed by atoms with Crippen molar-refractivity contribution in [3.8, 4) is 0 Å². The van der Waals surface area contributed by atoms with Gasteiger partial charge in [-0.3, -0.25) is 0 Å². The third-order valence-electron chi connectivity index (χ3n) is 3.12. The van der Waals surface area contributed by atoms with E-state index < -0.39 is 9.04 Å². The van der Waals surface area contributed by atoms with Crippen molar-refractivity contribution in [2.24, 2.45) is 7.05 Å². The van der Waals surface area contributed by atoms with Gasteiger partial charge in [0.05, 0.1) is 13.2 Å². The Kier molecular flexibility index (Phi) is 5.76. The van der Waals surface area contributed by atoms with Crippen molar-refractivity contribution in [1.29, 1.82) is 0 Å². The standard InChI is InChI=1S/C15H21N2OSSi/c1-17-10-3-9-16-15(17)19-12-14-6-4-13(5-7-14)8-11-20(2)18/h3-7,9-10,18,20H,8,11-12H2,1-2H3/q+1. The van der Waals surface area contributed by atoms with E-state index in [1.54, 1.807) is 11.8 Å². The molecule has 2 rings (SSSR count). The van der Waals surface area contributed by atoms with Crippen LogP contribution in [0.1, 0.15) is 11.1 Å². The summed E-state index contributed by atoms with van der Waals surface area (Å²) in [6.07, 6.45) is 4.83. The van der Waals surface area contributed by atoms with Gasteiger partial charge in [0.25, 0.3) is 0 Å². The Morgan fingerprint density at radius 3 is 2.60 bits per heavy atom. The fourth-order valence-corrected chi connectivity index (χ4v) is 3.53. The highest BCUT2D eigenvalue weighted by atomic mass is 32.2. The Balaban J connectivity index is 1.89. The molecule has 1 heterocycles. The van der Waals surface area contributed by atoms with Crippen LogP contribution in [0.25, 0.3) is 0 Å². The first-order valence-electron chi connectivity index (χ1n) is 6.84. The number of hydrogen-bond donors (Lipinski definition) is 1. The molecule has 0 aliphatic rings. The second-order valence-electron chi connectivity index (χ2n) is 5.01. The molecule has 0 bridgehead atoms. The predicted octanol–water partition coefficient (Wildman–Crippen LogP) is 2.09. The molecule has 1 N–H and O–H groups in total. The second kappa shape index (κ2) is 7.57. The second-order valence-corrected chi connectivity index (χ2v) is 8.22. The zero-order chi connectivity index (χ0) is 14.4. The third kappa shape index (κ3) is 4.74. The number of nitrogens with zero attached hydrogens (tertiary/aromatic N) is 2. The summed E-state index contributed by atoms with van der Waals surface area (Å²) in [5.41, 5.74) is 2.62. The first-order chi connectivity index (χ1) is 9.65. The van der Waals surface area contributed by atoms with Gasteiger partial charge in [0.2, 0.25) is 0 Å². The van der Waals surface area contributed by atoms with Crippen LogP contribution in [0.5, 0.6) is 0 Å². The molecule has 2 aromatic rings. The topological polar surface area (TPSA) is 37.0 Å². The highest BCUT2D eigenvalue weighted by Crippen LogP contribution is 2.18. The number of benzene rings is 1. The molecule has 1 unspecified atom stereocenters. The van der Waals surface area contributed by atoms with E-state index in [4.69, 9.17) is 0 Å². The Morgan fingerprint density at radius 2 is 1.95 bits per heavy atom. The Hall–Kier alpha value is -1.17. The molecule has 1 aromatic carbocycles. The van der Waals surface area contributed by atoms with Crippen molar-refractivity contribution < 1.29 is 9.36 Å². The molecule has 5 heteroatoms. The number of aromatic nitrogens is 2. The van der Waals surface area contributed by atoms with Crippen molar-refractivity contribution in [3.63, 3.8) is 0 Å². The molecular formula is C15H21N2OSSi+. The first-order valence-corrected chi connectivity index (χ1v) is 10.3. The SMILES string of the molecule is C[n+]1cccnc1SCc1ccc(CC[SiH](C)O)cc1. The number of hydrogen-bond acceptors (Lipinski definition) is 3. The van der Waals surface area contributed by atoms with Crippen LogP contribution in [-0.4, -0.2) is 18.8 Å². The monoisotopic (exact) mass is 305 g/mol. The van der Waals surface area contributed by atoms with E-state index in [-0.39, 0.29) is 0 Å². The number of thioether (sulfide) groups is 1. The predicted molar refractivity (Wildman–Crippen MR) is 85.2 cm³/mol. The average molecular weight is 305 g/mol. The molecule has 1 aromatic heterocycles. The van der Waals surface area contributed by atoms with Gasteiger partial charge in [-0.15, -0.1) is 0 Å². The van der Waals surface area contributed by atoms with E-state index in [1.807, 2.05) is 36.6 Å². The maximum atomic E-state index is 9.43. The maximum Gasteiger partial charge on any atom is 0.359 e. The maximum absolute atomic E-state index is 9.43. The van der Waals surface area contributed by atoms with Gasteiger partial charge in [0.1, 0.15) is 6.20 Å². The lowest BCUT2D eigenvalue weighted by atomic mass is 10.1. The Morgan fingerprint density at radius 1 is 1.25 bits per heavy atom. The smallest absolute Gasteiger partial charge is 0.359 e. The van der Waals surface area contributed by atoms with Crippen LogP contribution in [0, 0.1) is 0 Å². The van der Waals surface area contributed by atoms with Crippen LogP contribution in [0.2, 0.25) is 12.6 Å². The zero-order valence-corrected chi connectivity index (χ0v) is 14.0. The summed E-state index contributed by atoms with van der Waals surface area (Å²) in [5.74, 6) is 0.927. The Labute approximate surface area is 126 Å². The lowest BCUT2D eigenvalue weighted by Crippen LogP contribution is -2.31. The van der Waals surface area contributed by atoms with E-state index >= 15 is 0 Å². The van der Waals surface area contributed by atoms with Gasteiger partial charge in [-0.05, 0) is 46.9 Å². The third-order valence-corrected chi connectivity index (χ3v) is 5.38. The van der Waals surface area contributed by atoms with Crippen LogP contribution in [0.4, 0.5) is 0 Å². The van der Waals surface area contributed by atoms with Gasteiger partial charge in [-0.2, -0.15) is 0 Å². The molecule has 0 amide bonds. The van der Waals surface area contributed by atoms with Gasteiger partial charge in [-0.1, -0.05) is 24.3 Å². The minimum atomic E-state index is -1.43. The zero-order valence-electron chi connectivity index (χ0n) is 12.0. The van der Waals surface area contributed by atoms with Crippen molar-refractivity contribution in [3.05, 3.63) is 53.9 Å². The van der Waals surface area contributed by atoms with E-state index in [1.165, 1.54) is 11.1 Å². The molecule has 0 radical (unpaired) electrons. The number of rotatable bonds is 6. The lowest BCUT2D eigenvalue weighted by molar-refractivity contribution is -0.713. The molecule has 0 fully saturated rings. The van der Waals surface area contributed by atoms with E-state index in [2.05, 4.69) is 29.2 Å². The highest BCUT2D eigenvalue weighted by molar-refractivity contribution is 7.98. The molecule has 3 nitrogen and oxygen atoms in total. The van der Waals surface area contributed by atoms with Crippen molar-refractivity contribution in [2.75, 3.05) is 0 Å². The average Bonchev–Trinajstić information content (AvgIpc) is 2.45. The summed E-state index contributed by atoms with van der Waals surface area (Å²) in [4.78, 5) is 13.8. The normalized spacial score (nSPS) is 12.3. The number of aryl methyl sites for hydroxylation is 2. The van der Waals surface area contributed by atoms with E-state index in [9.17, 15) is 4.80 Å². The molecule has 1 atom stereocenters. The van der Waals surface area contributed by atoms with Crippen LogP contribution in [-0.2, 0) is 19.2 Å².